The maximum atomic E-state index is 10.4. The summed E-state index contributed by atoms with van der Waals surface area (Å²) in [4.78, 5) is 6.31. The third kappa shape index (κ3) is 2.75. The fourth-order valence-electron chi connectivity index (χ4n) is 2.98. The Morgan fingerprint density at radius 3 is 2.50 bits per heavy atom. The number of hydrogen-bond acceptors (Lipinski definition) is 5. The van der Waals surface area contributed by atoms with Crippen molar-refractivity contribution < 1.29 is 10.4 Å². The number of rotatable bonds is 3. The van der Waals surface area contributed by atoms with Gasteiger partial charge < -0.3 is 4.90 Å². The molecule has 120 valence electrons. The summed E-state index contributed by atoms with van der Waals surface area (Å²) in [6, 6.07) is 3.88. The van der Waals surface area contributed by atoms with Crippen molar-refractivity contribution in [3.05, 3.63) is 23.3 Å². The van der Waals surface area contributed by atoms with E-state index < -0.39 is 0 Å². The Bertz CT molecular complexity index is 602. The first-order valence-electron chi connectivity index (χ1n) is 7.55. The molecule has 7 nitrogen and oxygen atoms in total. The van der Waals surface area contributed by atoms with Gasteiger partial charge in [-0.3, -0.25) is 10.4 Å². The molecule has 0 bridgehead atoms. The van der Waals surface area contributed by atoms with E-state index in [1.165, 1.54) is 11.1 Å². The molecule has 22 heavy (non-hydrogen) atoms. The summed E-state index contributed by atoms with van der Waals surface area (Å²) in [7, 11) is 3.92. The van der Waals surface area contributed by atoms with Gasteiger partial charge in [-0.05, 0) is 56.1 Å². The third-order valence-corrected chi connectivity index (χ3v) is 4.11. The Balaban J connectivity index is 1.88. The van der Waals surface area contributed by atoms with E-state index in [-0.39, 0.29) is 5.96 Å². The average molecular weight is 305 g/mol. The Kier molecular flexibility index (Phi) is 3.94. The average Bonchev–Trinajstić information content (AvgIpc) is 2.81. The lowest BCUT2D eigenvalue weighted by molar-refractivity contribution is 0.216. The first-order valence-corrected chi connectivity index (χ1v) is 7.55. The highest BCUT2D eigenvalue weighted by molar-refractivity contribution is 6.00. The van der Waals surface area contributed by atoms with Crippen LogP contribution in [0.5, 0.6) is 0 Å². The lowest BCUT2D eigenvalue weighted by Gasteiger charge is -2.33. The van der Waals surface area contributed by atoms with E-state index in [1.54, 1.807) is 0 Å². The zero-order chi connectivity index (χ0) is 15.9. The molecule has 0 amide bonds. The molecule has 2 aliphatic rings. The molecule has 1 atom stereocenters. The van der Waals surface area contributed by atoms with Crippen LogP contribution in [0.25, 0.3) is 0 Å². The lowest BCUT2D eigenvalue weighted by atomic mass is 10.1. The zero-order valence-electron chi connectivity index (χ0n) is 13.2. The molecule has 0 aromatic heterocycles. The van der Waals surface area contributed by atoms with Crippen molar-refractivity contribution in [2.75, 3.05) is 37.4 Å². The molecular weight excluding hydrogens is 282 g/mol. The number of guanidine groups is 1. The monoisotopic (exact) mass is 305 g/mol. The van der Waals surface area contributed by atoms with Crippen LogP contribution in [0, 0.1) is 5.92 Å². The molecule has 1 aliphatic carbocycles. The quantitative estimate of drug-likeness (QED) is 0.780. The van der Waals surface area contributed by atoms with E-state index in [1.807, 2.05) is 31.1 Å². The number of hydroxylamine groups is 1. The molecule has 1 aromatic carbocycles. The van der Waals surface area contributed by atoms with Gasteiger partial charge in [0.25, 0.3) is 0 Å². The fraction of sp³-hybridized carbons (Fsp3) is 0.533. The molecule has 3 N–H and O–H groups in total. The highest BCUT2D eigenvalue weighted by Gasteiger charge is 2.29. The van der Waals surface area contributed by atoms with E-state index in [2.05, 4.69) is 17.3 Å². The maximum Gasteiger partial charge on any atom is 0.244 e. The molecule has 0 fully saturated rings. The molecule has 0 spiro atoms. The van der Waals surface area contributed by atoms with Gasteiger partial charge >= 0.3 is 0 Å². The van der Waals surface area contributed by atoms with Gasteiger partial charge in [-0.2, -0.15) is 10.2 Å². The lowest BCUT2D eigenvalue weighted by Crippen LogP contribution is -2.52. The molecule has 1 unspecified atom stereocenters. The van der Waals surface area contributed by atoms with Gasteiger partial charge in [-0.1, -0.05) is 6.92 Å². The second-order valence-electron chi connectivity index (χ2n) is 6.37. The highest BCUT2D eigenvalue weighted by Crippen LogP contribution is 2.38. The van der Waals surface area contributed by atoms with Crippen LogP contribution in [0.1, 0.15) is 18.1 Å². The van der Waals surface area contributed by atoms with Gasteiger partial charge in [0.15, 0.2) is 0 Å². The summed E-state index contributed by atoms with van der Waals surface area (Å²) in [5.74, 6) is 0.821. The van der Waals surface area contributed by atoms with Crippen LogP contribution in [-0.4, -0.2) is 48.5 Å². The Morgan fingerprint density at radius 2 is 1.86 bits per heavy atom. The van der Waals surface area contributed by atoms with Crippen molar-refractivity contribution in [1.82, 2.24) is 10.3 Å². The van der Waals surface area contributed by atoms with Crippen molar-refractivity contribution >= 4 is 17.3 Å². The molecule has 1 aliphatic heterocycles. The van der Waals surface area contributed by atoms with Crippen LogP contribution in [-0.2, 0) is 12.8 Å². The van der Waals surface area contributed by atoms with Crippen molar-refractivity contribution in [3.63, 3.8) is 0 Å². The van der Waals surface area contributed by atoms with E-state index in [4.69, 9.17) is 0 Å². The van der Waals surface area contributed by atoms with Crippen molar-refractivity contribution in [1.29, 1.82) is 0 Å². The third-order valence-electron chi connectivity index (χ3n) is 4.11. The summed E-state index contributed by atoms with van der Waals surface area (Å²) < 4.78 is 0. The summed E-state index contributed by atoms with van der Waals surface area (Å²) in [5, 5.41) is 22.5. The van der Waals surface area contributed by atoms with Crippen LogP contribution in [0.4, 0.5) is 11.4 Å². The number of hydrogen-bond donors (Lipinski definition) is 3. The van der Waals surface area contributed by atoms with Gasteiger partial charge in [0.2, 0.25) is 5.96 Å². The van der Waals surface area contributed by atoms with Crippen LogP contribution in [0.3, 0.4) is 0 Å². The van der Waals surface area contributed by atoms with Gasteiger partial charge in [-0.25, -0.2) is 10.4 Å². The number of likely N-dealkylation sites (N-methyl/N-ethyl adjacent to an activating group) is 1. The predicted molar refractivity (Wildman–Crippen MR) is 85.5 cm³/mol. The molecule has 0 radical (unpaired) electrons. The summed E-state index contributed by atoms with van der Waals surface area (Å²) in [6.45, 7) is 3.50. The van der Waals surface area contributed by atoms with Crippen molar-refractivity contribution in [2.24, 2.45) is 10.9 Å². The Hall–Kier alpha value is -1.83. The summed E-state index contributed by atoms with van der Waals surface area (Å²) in [5.41, 5.74) is 6.25. The molecular formula is C15H23N5O2. The number of anilines is 2. The number of nitrogens with zero attached hydrogens (tertiary/aromatic N) is 4. The van der Waals surface area contributed by atoms with Gasteiger partial charge in [-0.15, -0.1) is 0 Å². The second-order valence-corrected chi connectivity index (χ2v) is 6.37. The number of fused-ring (bicyclic) bond motifs is 2. The van der Waals surface area contributed by atoms with Crippen LogP contribution >= 0.6 is 0 Å². The van der Waals surface area contributed by atoms with Gasteiger partial charge in [0.1, 0.15) is 11.4 Å². The summed E-state index contributed by atoms with van der Waals surface area (Å²) in [6.07, 6.45) is 2.01. The smallest absolute Gasteiger partial charge is 0.244 e. The van der Waals surface area contributed by atoms with Gasteiger partial charge in [0, 0.05) is 6.54 Å². The van der Waals surface area contributed by atoms with E-state index in [9.17, 15) is 10.4 Å². The highest BCUT2D eigenvalue weighted by atomic mass is 16.6. The largest absolute Gasteiger partial charge is 0.308 e. The summed E-state index contributed by atoms with van der Waals surface area (Å²) >= 11 is 0. The minimum atomic E-state index is 0.225. The fourth-order valence-corrected chi connectivity index (χ4v) is 2.98. The first-order chi connectivity index (χ1) is 10.5. The first kappa shape index (κ1) is 15.1. The molecule has 1 heterocycles. The minimum Gasteiger partial charge on any atom is -0.308 e. The minimum absolute atomic E-state index is 0.225. The molecule has 1 aromatic rings. The topological polar surface area (TPSA) is 74.6 Å². The normalized spacial score (nSPS) is 22.1. The number of aliphatic imine (C=N–C) groups is 1. The van der Waals surface area contributed by atoms with E-state index in [0.29, 0.717) is 23.8 Å². The van der Waals surface area contributed by atoms with Gasteiger partial charge in [0.05, 0.1) is 6.54 Å². The van der Waals surface area contributed by atoms with E-state index >= 15 is 0 Å². The molecule has 7 heteroatoms. The van der Waals surface area contributed by atoms with Crippen LogP contribution < -0.4 is 15.7 Å². The SMILES string of the molecule is CC1Cc2cc3c(cc2C1)N(O)C(=NCCN(C)C)NN3O. The Labute approximate surface area is 130 Å². The van der Waals surface area contributed by atoms with Crippen LogP contribution in [0.15, 0.2) is 17.1 Å². The number of benzene rings is 1. The van der Waals surface area contributed by atoms with Crippen molar-refractivity contribution in [2.45, 2.75) is 19.8 Å². The predicted octanol–water partition coefficient (Wildman–Crippen LogP) is 1.25. The molecule has 3 rings (SSSR count). The molecule has 0 saturated heterocycles. The molecule has 0 saturated carbocycles. The zero-order valence-corrected chi connectivity index (χ0v) is 13.2. The van der Waals surface area contributed by atoms with Crippen LogP contribution in [0.2, 0.25) is 0 Å². The Morgan fingerprint density at radius 1 is 1.23 bits per heavy atom. The number of nitrogens with one attached hydrogen (secondary N) is 1. The second kappa shape index (κ2) is 5.75. The standard InChI is InChI=1S/C15H23N5O2/c1-10-6-11-8-13-14(9-12(11)7-10)20(22)17-15(19(13)21)16-4-5-18(2)3/h8-10,21-22H,4-7H2,1-3H3,(H,16,17). The number of hydrazine groups is 1. The maximum absolute atomic E-state index is 10.4. The van der Waals surface area contributed by atoms with Crippen molar-refractivity contribution in [3.8, 4) is 0 Å². The van der Waals surface area contributed by atoms with E-state index in [0.717, 1.165) is 29.6 Å².